The van der Waals surface area contributed by atoms with Crippen LogP contribution in [0, 0.1) is 18.6 Å². The molecule has 35 heavy (non-hydrogen) atoms. The van der Waals surface area contributed by atoms with Crippen molar-refractivity contribution >= 4 is 34.7 Å². The van der Waals surface area contributed by atoms with E-state index in [1.807, 2.05) is 0 Å². The van der Waals surface area contributed by atoms with Crippen LogP contribution in [0.4, 0.5) is 39.1 Å². The third kappa shape index (κ3) is 4.47. The first-order valence-electron chi connectivity index (χ1n) is 10.2. The maximum atomic E-state index is 14.5. The van der Waals surface area contributed by atoms with Gasteiger partial charge in [-0.25, -0.2) is 18.7 Å². The highest BCUT2D eigenvalue weighted by molar-refractivity contribution is 6.31. The highest BCUT2D eigenvalue weighted by Crippen LogP contribution is 2.43. The van der Waals surface area contributed by atoms with Gasteiger partial charge in [0.25, 0.3) is 0 Å². The normalized spacial score (nSPS) is 15.2. The number of aryl methyl sites for hydroxylation is 1. The number of hydrogen-bond donors (Lipinski definition) is 0. The number of halogens is 6. The SMILES string of the molecule is COc1nccc2c1C[C@@H](C(=O)N(C)c1cc(Cl)c(F)cc1F)N2c1cc(C(F)(F)F)cc(C)n1. The van der Waals surface area contributed by atoms with Crippen molar-refractivity contribution in [2.45, 2.75) is 25.6 Å². The fourth-order valence-electron chi connectivity index (χ4n) is 4.04. The zero-order chi connectivity index (χ0) is 25.7. The number of carbonyl (C=O) groups excluding carboxylic acids is 1. The molecule has 0 unspecified atom stereocenters. The van der Waals surface area contributed by atoms with Gasteiger partial charge in [0, 0.05) is 37.0 Å². The van der Waals surface area contributed by atoms with E-state index in [2.05, 4.69) is 9.97 Å². The summed E-state index contributed by atoms with van der Waals surface area (Å²) in [5, 5.41) is -0.395. The van der Waals surface area contributed by atoms with E-state index in [-0.39, 0.29) is 29.5 Å². The van der Waals surface area contributed by atoms with Crippen molar-refractivity contribution in [1.29, 1.82) is 0 Å². The van der Waals surface area contributed by atoms with Crippen LogP contribution in [0.1, 0.15) is 16.8 Å². The van der Waals surface area contributed by atoms with Crippen LogP contribution in [-0.4, -0.2) is 36.1 Å². The van der Waals surface area contributed by atoms with E-state index < -0.39 is 40.3 Å². The molecule has 4 rings (SSSR count). The number of benzene rings is 1. The van der Waals surface area contributed by atoms with Gasteiger partial charge >= 0.3 is 6.18 Å². The number of nitrogens with zero attached hydrogens (tertiary/aromatic N) is 4. The smallest absolute Gasteiger partial charge is 0.416 e. The molecule has 0 radical (unpaired) electrons. The lowest BCUT2D eigenvalue weighted by molar-refractivity contribution is -0.137. The molecule has 1 atom stereocenters. The number of aromatic nitrogens is 2. The lowest BCUT2D eigenvalue weighted by atomic mass is 10.1. The molecule has 1 aromatic carbocycles. The number of hydrogen-bond acceptors (Lipinski definition) is 5. The first kappa shape index (κ1) is 24.6. The first-order valence-corrected chi connectivity index (χ1v) is 10.6. The molecule has 2 aromatic heterocycles. The summed E-state index contributed by atoms with van der Waals surface area (Å²) in [6.45, 7) is 1.40. The molecule has 0 spiro atoms. The van der Waals surface area contributed by atoms with Crippen LogP contribution in [0.2, 0.25) is 5.02 Å². The van der Waals surface area contributed by atoms with Crippen LogP contribution in [-0.2, 0) is 17.4 Å². The number of amides is 1. The summed E-state index contributed by atoms with van der Waals surface area (Å²) in [6, 6.07) is 3.64. The molecule has 0 fully saturated rings. The average Bonchev–Trinajstić information content (AvgIpc) is 3.19. The number of carbonyl (C=O) groups is 1. The summed E-state index contributed by atoms with van der Waals surface area (Å²) < 4.78 is 74.0. The van der Waals surface area contributed by atoms with Crippen LogP contribution >= 0.6 is 11.6 Å². The molecule has 12 heteroatoms. The van der Waals surface area contributed by atoms with Gasteiger partial charge in [0.1, 0.15) is 23.5 Å². The zero-order valence-corrected chi connectivity index (χ0v) is 19.4. The topological polar surface area (TPSA) is 58.6 Å². The van der Waals surface area contributed by atoms with E-state index in [1.165, 1.54) is 38.2 Å². The standard InChI is InChI=1S/C23H18ClF5N4O2/c1-11-6-12(23(27,28)29)7-20(31-11)33-17-4-5-30-21(35-3)13(17)8-19(33)22(34)32(2)18-9-14(24)15(25)10-16(18)26/h4-7,9-10,19H,8H2,1-3H3/t19-/m0/s1. The Morgan fingerprint density at radius 2 is 1.91 bits per heavy atom. The van der Waals surface area contributed by atoms with Crippen LogP contribution < -0.4 is 14.5 Å². The molecule has 1 aliphatic heterocycles. The fourth-order valence-corrected chi connectivity index (χ4v) is 4.20. The lowest BCUT2D eigenvalue weighted by Crippen LogP contribution is -2.45. The summed E-state index contributed by atoms with van der Waals surface area (Å²) in [4.78, 5) is 24.2. The number of fused-ring (bicyclic) bond motifs is 1. The fraction of sp³-hybridized carbons (Fsp3) is 0.261. The Morgan fingerprint density at radius 1 is 1.20 bits per heavy atom. The third-order valence-corrected chi connectivity index (χ3v) is 5.92. The minimum Gasteiger partial charge on any atom is -0.481 e. The molecule has 184 valence electrons. The highest BCUT2D eigenvalue weighted by atomic mass is 35.5. The van der Waals surface area contributed by atoms with Gasteiger partial charge in [-0.3, -0.25) is 4.79 Å². The minimum atomic E-state index is -4.65. The van der Waals surface area contributed by atoms with E-state index in [0.717, 1.165) is 23.1 Å². The molecule has 0 saturated heterocycles. The van der Waals surface area contributed by atoms with Crippen LogP contribution in [0.15, 0.2) is 36.5 Å². The van der Waals surface area contributed by atoms with Crippen molar-refractivity contribution in [3.05, 3.63) is 70.0 Å². The molecule has 6 nitrogen and oxygen atoms in total. The van der Waals surface area contributed by atoms with Crippen LogP contribution in [0.25, 0.3) is 0 Å². The number of likely N-dealkylation sites (N-methyl/N-ethyl adjacent to an activating group) is 1. The molecular formula is C23H18ClF5N4O2. The first-order chi connectivity index (χ1) is 16.4. The predicted molar refractivity (Wildman–Crippen MR) is 119 cm³/mol. The van der Waals surface area contributed by atoms with Gasteiger partial charge in [-0.2, -0.15) is 13.2 Å². The number of anilines is 3. The maximum absolute atomic E-state index is 14.5. The molecule has 1 aliphatic rings. The Morgan fingerprint density at radius 3 is 2.57 bits per heavy atom. The molecular weight excluding hydrogens is 495 g/mol. The van der Waals surface area contributed by atoms with E-state index in [0.29, 0.717) is 17.3 Å². The Hall–Kier alpha value is -3.47. The second-order valence-electron chi connectivity index (χ2n) is 7.88. The van der Waals surface area contributed by atoms with Gasteiger partial charge in [-0.1, -0.05) is 11.6 Å². The van der Waals surface area contributed by atoms with Gasteiger partial charge in [0.05, 0.1) is 29.1 Å². The number of methoxy groups -OCH3 is 1. The van der Waals surface area contributed by atoms with Gasteiger partial charge < -0.3 is 14.5 Å². The van der Waals surface area contributed by atoms with Crippen LogP contribution in [0.5, 0.6) is 5.88 Å². The second-order valence-corrected chi connectivity index (χ2v) is 8.28. The average molecular weight is 513 g/mol. The Bertz CT molecular complexity index is 1320. The van der Waals surface area contributed by atoms with Gasteiger partial charge in [-0.05, 0) is 31.2 Å². The van der Waals surface area contributed by atoms with Crippen molar-refractivity contribution in [2.75, 3.05) is 24.0 Å². The van der Waals surface area contributed by atoms with Crippen molar-refractivity contribution in [3.8, 4) is 5.88 Å². The van der Waals surface area contributed by atoms with E-state index >= 15 is 0 Å². The third-order valence-electron chi connectivity index (χ3n) is 5.63. The molecule has 3 aromatic rings. The van der Waals surface area contributed by atoms with Crippen molar-refractivity contribution in [3.63, 3.8) is 0 Å². The molecule has 0 saturated carbocycles. The summed E-state index contributed by atoms with van der Waals surface area (Å²) >= 11 is 5.78. The quantitative estimate of drug-likeness (QED) is 0.343. The summed E-state index contributed by atoms with van der Waals surface area (Å²) in [5.74, 6) is -2.67. The summed E-state index contributed by atoms with van der Waals surface area (Å²) in [7, 11) is 2.63. The van der Waals surface area contributed by atoms with Gasteiger partial charge in [-0.15, -0.1) is 0 Å². The molecule has 1 amide bonds. The highest BCUT2D eigenvalue weighted by Gasteiger charge is 2.41. The molecule has 3 heterocycles. The number of alkyl halides is 3. The van der Waals surface area contributed by atoms with Crippen molar-refractivity contribution in [2.24, 2.45) is 0 Å². The van der Waals surface area contributed by atoms with E-state index in [4.69, 9.17) is 16.3 Å². The van der Waals surface area contributed by atoms with Gasteiger partial charge in [0.2, 0.25) is 11.8 Å². The lowest BCUT2D eigenvalue weighted by Gasteiger charge is -2.30. The van der Waals surface area contributed by atoms with E-state index in [9.17, 15) is 26.7 Å². The Labute approximate surface area is 201 Å². The molecule has 0 N–H and O–H groups in total. The number of ether oxygens (including phenoxy) is 1. The Kier molecular flexibility index (Phi) is 6.31. The van der Waals surface area contributed by atoms with Crippen molar-refractivity contribution in [1.82, 2.24) is 9.97 Å². The molecule has 0 bridgehead atoms. The second kappa shape index (κ2) is 8.95. The molecule has 0 aliphatic carbocycles. The summed E-state index contributed by atoms with van der Waals surface area (Å²) in [6.07, 6.45) is -3.27. The minimum absolute atomic E-state index is 0.0109. The number of rotatable bonds is 4. The maximum Gasteiger partial charge on any atom is 0.416 e. The predicted octanol–water partition coefficient (Wildman–Crippen LogP) is 5.47. The monoisotopic (exact) mass is 512 g/mol. The van der Waals surface area contributed by atoms with Crippen molar-refractivity contribution < 1.29 is 31.5 Å². The largest absolute Gasteiger partial charge is 0.481 e. The van der Waals surface area contributed by atoms with E-state index in [1.54, 1.807) is 0 Å². The van der Waals surface area contributed by atoms with Gasteiger partial charge in [0.15, 0.2) is 0 Å². The zero-order valence-electron chi connectivity index (χ0n) is 18.6. The Balaban J connectivity index is 1.84. The van der Waals surface area contributed by atoms with Crippen LogP contribution in [0.3, 0.4) is 0 Å². The number of pyridine rings is 2. The summed E-state index contributed by atoms with van der Waals surface area (Å²) in [5.41, 5.74) is -0.315.